The molecule has 0 aromatic heterocycles. The highest BCUT2D eigenvalue weighted by atomic mass is 35.5. The highest BCUT2D eigenvalue weighted by Gasteiger charge is 2.14. The SMILES string of the molecule is COC(=O)c1ccc(C(=O)Nc2cc(OC)c(Cl)cc2OC)cc1. The number of methoxy groups -OCH3 is 3. The van der Waals surface area contributed by atoms with Gasteiger partial charge >= 0.3 is 5.97 Å². The maximum absolute atomic E-state index is 12.4. The Labute approximate surface area is 144 Å². The van der Waals surface area contributed by atoms with Crippen molar-refractivity contribution < 1.29 is 23.8 Å². The molecule has 0 bridgehead atoms. The first-order chi connectivity index (χ1) is 11.5. The van der Waals surface area contributed by atoms with Gasteiger partial charge in [0.2, 0.25) is 0 Å². The van der Waals surface area contributed by atoms with Gasteiger partial charge in [-0.3, -0.25) is 4.79 Å². The highest BCUT2D eigenvalue weighted by molar-refractivity contribution is 6.32. The summed E-state index contributed by atoms with van der Waals surface area (Å²) in [6.07, 6.45) is 0. The molecule has 0 aliphatic rings. The normalized spacial score (nSPS) is 10.0. The Bertz CT molecular complexity index is 758. The minimum Gasteiger partial charge on any atom is -0.495 e. The average molecular weight is 350 g/mol. The van der Waals surface area contributed by atoms with Crippen LogP contribution in [0.15, 0.2) is 36.4 Å². The summed E-state index contributed by atoms with van der Waals surface area (Å²) in [5.74, 6) is -0.0192. The van der Waals surface area contributed by atoms with Crippen LogP contribution in [0.4, 0.5) is 5.69 Å². The van der Waals surface area contributed by atoms with Gasteiger partial charge in [0.1, 0.15) is 11.5 Å². The number of hydrogen-bond donors (Lipinski definition) is 1. The lowest BCUT2D eigenvalue weighted by atomic mass is 10.1. The van der Waals surface area contributed by atoms with Crippen molar-refractivity contribution in [3.05, 3.63) is 52.5 Å². The summed E-state index contributed by atoms with van der Waals surface area (Å²) in [5.41, 5.74) is 1.15. The second-order valence-electron chi connectivity index (χ2n) is 4.71. The van der Waals surface area contributed by atoms with Crippen LogP contribution >= 0.6 is 11.6 Å². The summed E-state index contributed by atoms with van der Waals surface area (Å²) in [4.78, 5) is 23.8. The molecule has 0 aliphatic carbocycles. The van der Waals surface area contributed by atoms with Crippen molar-refractivity contribution in [2.75, 3.05) is 26.6 Å². The maximum Gasteiger partial charge on any atom is 0.337 e. The summed E-state index contributed by atoms with van der Waals surface area (Å²) >= 11 is 6.03. The molecule has 0 saturated heterocycles. The predicted octanol–water partition coefficient (Wildman–Crippen LogP) is 3.40. The summed E-state index contributed by atoms with van der Waals surface area (Å²) in [7, 11) is 4.24. The fourth-order valence-corrected chi connectivity index (χ4v) is 2.26. The van der Waals surface area contributed by atoms with E-state index in [0.29, 0.717) is 33.3 Å². The number of benzene rings is 2. The number of esters is 1. The second kappa shape index (κ2) is 7.70. The van der Waals surface area contributed by atoms with Gasteiger partial charge < -0.3 is 19.5 Å². The van der Waals surface area contributed by atoms with Crippen LogP contribution in [-0.4, -0.2) is 33.2 Å². The number of rotatable bonds is 5. The Hall–Kier alpha value is -2.73. The smallest absolute Gasteiger partial charge is 0.337 e. The van der Waals surface area contributed by atoms with Crippen molar-refractivity contribution >= 4 is 29.2 Å². The molecule has 0 spiro atoms. The summed E-state index contributed by atoms with van der Waals surface area (Å²) in [6.45, 7) is 0. The standard InChI is InChI=1S/C17H16ClNO5/c1-22-14-9-13(15(23-2)8-12(14)18)19-16(20)10-4-6-11(7-5-10)17(21)24-3/h4-9H,1-3H3,(H,19,20). The van der Waals surface area contributed by atoms with E-state index in [9.17, 15) is 9.59 Å². The molecular formula is C17H16ClNO5. The first kappa shape index (κ1) is 17.6. The highest BCUT2D eigenvalue weighted by Crippen LogP contribution is 2.36. The Morgan fingerprint density at radius 1 is 0.917 bits per heavy atom. The van der Waals surface area contributed by atoms with Crippen LogP contribution in [0.5, 0.6) is 11.5 Å². The van der Waals surface area contributed by atoms with Gasteiger partial charge in [-0.2, -0.15) is 0 Å². The van der Waals surface area contributed by atoms with E-state index in [0.717, 1.165) is 0 Å². The van der Waals surface area contributed by atoms with Gasteiger partial charge in [-0.25, -0.2) is 4.79 Å². The quantitative estimate of drug-likeness (QED) is 0.837. The van der Waals surface area contributed by atoms with E-state index >= 15 is 0 Å². The molecule has 0 saturated carbocycles. The Balaban J connectivity index is 2.24. The predicted molar refractivity (Wildman–Crippen MR) is 90.3 cm³/mol. The molecule has 0 heterocycles. The van der Waals surface area contributed by atoms with Crippen LogP contribution in [0, 0.1) is 0 Å². The van der Waals surface area contributed by atoms with Crippen molar-refractivity contribution in [3.63, 3.8) is 0 Å². The Morgan fingerprint density at radius 3 is 2.04 bits per heavy atom. The van der Waals surface area contributed by atoms with Gasteiger partial charge in [0.25, 0.3) is 5.91 Å². The summed E-state index contributed by atoms with van der Waals surface area (Å²) in [6, 6.07) is 9.21. The number of halogens is 1. The average Bonchev–Trinajstić information content (AvgIpc) is 2.62. The first-order valence-corrected chi connectivity index (χ1v) is 7.29. The lowest BCUT2D eigenvalue weighted by Gasteiger charge is -2.13. The van der Waals surface area contributed by atoms with Crippen LogP contribution in [-0.2, 0) is 4.74 Å². The van der Waals surface area contributed by atoms with E-state index in [1.807, 2.05) is 0 Å². The van der Waals surface area contributed by atoms with Crippen LogP contribution in [0.3, 0.4) is 0 Å². The summed E-state index contributed by atoms with van der Waals surface area (Å²) < 4.78 is 15.0. The monoisotopic (exact) mass is 349 g/mol. The van der Waals surface area contributed by atoms with Gasteiger partial charge in [-0.1, -0.05) is 11.6 Å². The Kier molecular flexibility index (Phi) is 5.65. The lowest BCUT2D eigenvalue weighted by molar-refractivity contribution is 0.0600. The van der Waals surface area contributed by atoms with Crippen molar-refractivity contribution in [1.82, 2.24) is 0 Å². The van der Waals surface area contributed by atoms with Crippen molar-refractivity contribution in [1.29, 1.82) is 0 Å². The van der Waals surface area contributed by atoms with E-state index in [-0.39, 0.29) is 5.91 Å². The van der Waals surface area contributed by atoms with Gasteiger partial charge in [0, 0.05) is 17.7 Å². The molecular weight excluding hydrogens is 334 g/mol. The molecule has 1 amide bonds. The van der Waals surface area contributed by atoms with Gasteiger partial charge in [0.05, 0.1) is 37.6 Å². The molecule has 2 aromatic carbocycles. The largest absolute Gasteiger partial charge is 0.495 e. The van der Waals surface area contributed by atoms with Gasteiger partial charge in [-0.15, -0.1) is 0 Å². The molecule has 1 N–H and O–H groups in total. The van der Waals surface area contributed by atoms with Crippen LogP contribution in [0.2, 0.25) is 5.02 Å². The third-order valence-electron chi connectivity index (χ3n) is 3.29. The molecule has 0 radical (unpaired) electrons. The zero-order valence-corrected chi connectivity index (χ0v) is 14.1. The van der Waals surface area contributed by atoms with E-state index in [2.05, 4.69) is 10.1 Å². The first-order valence-electron chi connectivity index (χ1n) is 6.91. The van der Waals surface area contributed by atoms with Crippen molar-refractivity contribution in [2.45, 2.75) is 0 Å². The topological polar surface area (TPSA) is 73.9 Å². The minimum absolute atomic E-state index is 0.361. The number of anilines is 1. The van der Waals surface area contributed by atoms with Crippen LogP contribution in [0.25, 0.3) is 0 Å². The zero-order valence-electron chi connectivity index (χ0n) is 13.4. The minimum atomic E-state index is -0.467. The molecule has 0 unspecified atom stereocenters. The van der Waals surface area contributed by atoms with Crippen LogP contribution in [0.1, 0.15) is 20.7 Å². The van der Waals surface area contributed by atoms with Crippen molar-refractivity contribution in [2.24, 2.45) is 0 Å². The van der Waals surface area contributed by atoms with E-state index < -0.39 is 5.97 Å². The Morgan fingerprint density at radius 2 is 1.50 bits per heavy atom. The molecule has 0 aliphatic heterocycles. The number of nitrogens with one attached hydrogen (secondary N) is 1. The molecule has 7 heteroatoms. The van der Waals surface area contributed by atoms with E-state index in [1.54, 1.807) is 12.1 Å². The zero-order chi connectivity index (χ0) is 17.7. The molecule has 2 aromatic rings. The summed E-state index contributed by atoms with van der Waals surface area (Å²) in [5, 5.41) is 3.09. The fourth-order valence-electron chi connectivity index (χ4n) is 2.03. The maximum atomic E-state index is 12.4. The number of carbonyl (C=O) groups excluding carboxylic acids is 2. The number of amides is 1. The number of ether oxygens (including phenoxy) is 3. The fraction of sp³-hybridized carbons (Fsp3) is 0.176. The molecule has 6 nitrogen and oxygen atoms in total. The molecule has 2 rings (SSSR count). The molecule has 24 heavy (non-hydrogen) atoms. The number of hydrogen-bond acceptors (Lipinski definition) is 5. The second-order valence-corrected chi connectivity index (χ2v) is 5.12. The van der Waals surface area contributed by atoms with Gasteiger partial charge in [-0.05, 0) is 24.3 Å². The van der Waals surface area contributed by atoms with Gasteiger partial charge in [0.15, 0.2) is 0 Å². The van der Waals surface area contributed by atoms with Crippen LogP contribution < -0.4 is 14.8 Å². The number of carbonyl (C=O) groups is 2. The third-order valence-corrected chi connectivity index (χ3v) is 3.59. The lowest BCUT2D eigenvalue weighted by Crippen LogP contribution is -2.13. The van der Waals surface area contributed by atoms with E-state index in [1.165, 1.54) is 45.6 Å². The third kappa shape index (κ3) is 3.78. The molecule has 0 fully saturated rings. The van der Waals surface area contributed by atoms with Crippen molar-refractivity contribution in [3.8, 4) is 11.5 Å². The molecule has 0 atom stereocenters. The van der Waals surface area contributed by atoms with E-state index in [4.69, 9.17) is 21.1 Å². The molecule has 126 valence electrons.